The first-order valence-corrected chi connectivity index (χ1v) is 9.71. The van der Waals surface area contributed by atoms with Crippen molar-refractivity contribution in [1.82, 2.24) is 14.9 Å². The summed E-state index contributed by atoms with van der Waals surface area (Å²) in [6, 6.07) is 22.3. The Hall–Kier alpha value is -4.06. The number of aromatic nitrogens is 2. The van der Waals surface area contributed by atoms with Crippen molar-refractivity contribution in [2.45, 2.75) is 0 Å². The lowest BCUT2D eigenvalue weighted by atomic mass is 9.94. The second-order valence-corrected chi connectivity index (χ2v) is 7.00. The minimum atomic E-state index is -0.272. The van der Waals surface area contributed by atoms with E-state index in [1.165, 1.54) is 4.90 Å². The van der Waals surface area contributed by atoms with Gasteiger partial charge in [-0.2, -0.15) is 0 Å². The molecule has 4 aromatic rings. The summed E-state index contributed by atoms with van der Waals surface area (Å²) in [4.78, 5) is 38.4. The van der Waals surface area contributed by atoms with Gasteiger partial charge in [0.15, 0.2) is 0 Å². The molecule has 0 saturated carbocycles. The fourth-order valence-electron chi connectivity index (χ4n) is 3.86. The summed E-state index contributed by atoms with van der Waals surface area (Å²) in [5.41, 5.74) is 1.12. The van der Waals surface area contributed by atoms with Gasteiger partial charge in [0.05, 0.1) is 0 Å². The molecule has 0 N–H and O–H groups in total. The van der Waals surface area contributed by atoms with E-state index in [1.54, 1.807) is 24.5 Å². The van der Waals surface area contributed by atoms with Crippen LogP contribution >= 0.6 is 0 Å². The minimum Gasteiger partial charge on any atom is -0.309 e. The maximum absolute atomic E-state index is 13.2. The van der Waals surface area contributed by atoms with Crippen LogP contribution in [0.25, 0.3) is 10.8 Å². The predicted molar refractivity (Wildman–Crippen MR) is 115 cm³/mol. The number of imide groups is 1. The molecule has 3 heterocycles. The van der Waals surface area contributed by atoms with Crippen LogP contribution in [0.4, 0.5) is 11.6 Å². The molecule has 2 aromatic carbocycles. The number of carbonyl (C=O) groups is 2. The monoisotopic (exact) mass is 394 g/mol. The normalized spacial score (nSPS) is 13.0. The van der Waals surface area contributed by atoms with Crippen LogP contribution in [0, 0.1) is 0 Å². The summed E-state index contributed by atoms with van der Waals surface area (Å²) in [7, 11) is 0. The highest BCUT2D eigenvalue weighted by atomic mass is 16.2. The summed E-state index contributed by atoms with van der Waals surface area (Å²) in [5, 5.41) is 1.63. The van der Waals surface area contributed by atoms with Crippen LogP contribution in [-0.4, -0.2) is 39.8 Å². The van der Waals surface area contributed by atoms with Crippen LogP contribution in [-0.2, 0) is 0 Å². The number of rotatable bonds is 5. The Kier molecular flexibility index (Phi) is 4.44. The number of nitrogens with zero attached hydrogens (tertiary/aromatic N) is 4. The van der Waals surface area contributed by atoms with Crippen molar-refractivity contribution in [3.8, 4) is 0 Å². The molecule has 6 heteroatoms. The Morgan fingerprint density at radius 3 is 1.77 bits per heavy atom. The quantitative estimate of drug-likeness (QED) is 0.478. The zero-order valence-electron chi connectivity index (χ0n) is 16.1. The molecule has 1 aliphatic heterocycles. The third-order valence-corrected chi connectivity index (χ3v) is 5.25. The summed E-state index contributed by atoms with van der Waals surface area (Å²) in [6.07, 6.45) is 3.42. The Morgan fingerprint density at radius 2 is 1.27 bits per heavy atom. The van der Waals surface area contributed by atoms with Crippen molar-refractivity contribution in [1.29, 1.82) is 0 Å². The van der Waals surface area contributed by atoms with Gasteiger partial charge in [-0.25, -0.2) is 9.97 Å². The lowest BCUT2D eigenvalue weighted by Crippen LogP contribution is -2.44. The van der Waals surface area contributed by atoms with Crippen molar-refractivity contribution in [3.63, 3.8) is 0 Å². The zero-order valence-corrected chi connectivity index (χ0v) is 16.1. The number of hydrogen-bond donors (Lipinski definition) is 0. The molecule has 30 heavy (non-hydrogen) atoms. The molecule has 0 bridgehead atoms. The molecule has 146 valence electrons. The van der Waals surface area contributed by atoms with Gasteiger partial charge in [-0.15, -0.1) is 0 Å². The number of anilines is 2. The van der Waals surface area contributed by atoms with Crippen LogP contribution < -0.4 is 4.90 Å². The molecule has 0 unspecified atom stereocenters. The van der Waals surface area contributed by atoms with Crippen LogP contribution in [0.15, 0.2) is 85.2 Å². The van der Waals surface area contributed by atoms with E-state index in [4.69, 9.17) is 0 Å². The van der Waals surface area contributed by atoms with Crippen LogP contribution in [0.1, 0.15) is 20.7 Å². The lowest BCUT2D eigenvalue weighted by Gasteiger charge is -2.30. The fraction of sp³-hybridized carbons (Fsp3) is 0.0833. The first-order chi connectivity index (χ1) is 14.7. The van der Waals surface area contributed by atoms with Crippen molar-refractivity contribution in [2.24, 2.45) is 0 Å². The van der Waals surface area contributed by atoms with Crippen LogP contribution in [0.2, 0.25) is 0 Å². The molecule has 6 nitrogen and oxygen atoms in total. The van der Waals surface area contributed by atoms with Crippen LogP contribution in [0.3, 0.4) is 0 Å². The van der Waals surface area contributed by atoms with Crippen molar-refractivity contribution >= 4 is 34.2 Å². The Balaban J connectivity index is 1.48. The first kappa shape index (κ1) is 18.0. The Labute approximate surface area is 173 Å². The van der Waals surface area contributed by atoms with Gasteiger partial charge in [-0.3, -0.25) is 14.5 Å². The predicted octanol–water partition coefficient (Wildman–Crippen LogP) is 4.06. The molecule has 0 aliphatic carbocycles. The van der Waals surface area contributed by atoms with E-state index in [2.05, 4.69) is 9.97 Å². The van der Waals surface area contributed by atoms with E-state index in [1.807, 2.05) is 65.6 Å². The molecule has 0 radical (unpaired) electrons. The molecule has 0 atom stereocenters. The molecular weight excluding hydrogens is 376 g/mol. The topological polar surface area (TPSA) is 66.4 Å². The second-order valence-electron chi connectivity index (χ2n) is 7.00. The molecule has 1 aliphatic rings. The van der Waals surface area contributed by atoms with Crippen LogP contribution in [0.5, 0.6) is 0 Å². The summed E-state index contributed by atoms with van der Waals surface area (Å²) in [5.74, 6) is 0.865. The van der Waals surface area contributed by atoms with Gasteiger partial charge in [0, 0.05) is 42.0 Å². The highest BCUT2D eigenvalue weighted by molar-refractivity contribution is 6.25. The van der Waals surface area contributed by atoms with Crippen molar-refractivity contribution in [3.05, 3.63) is 96.3 Å². The molecule has 2 aromatic heterocycles. The fourth-order valence-corrected chi connectivity index (χ4v) is 3.86. The Morgan fingerprint density at radius 1 is 0.700 bits per heavy atom. The number of amides is 2. The highest BCUT2D eigenvalue weighted by Gasteiger charge is 2.32. The third kappa shape index (κ3) is 2.99. The minimum absolute atomic E-state index is 0.218. The van der Waals surface area contributed by atoms with Gasteiger partial charge in [0.2, 0.25) is 0 Å². The largest absolute Gasteiger partial charge is 0.309 e. The maximum Gasteiger partial charge on any atom is 0.261 e. The molecule has 5 rings (SSSR count). The van der Waals surface area contributed by atoms with Gasteiger partial charge < -0.3 is 4.90 Å². The van der Waals surface area contributed by atoms with E-state index < -0.39 is 0 Å². The standard InChI is InChI=1S/C24H18N4O2/c29-23-18-9-5-7-17-8-6-10-19(22(17)18)24(30)28(23)16-15-27(20-11-1-3-13-25-20)21-12-2-4-14-26-21/h1-14H,15-16H2. The van der Waals surface area contributed by atoms with Crippen molar-refractivity contribution in [2.75, 3.05) is 18.0 Å². The first-order valence-electron chi connectivity index (χ1n) is 9.71. The third-order valence-electron chi connectivity index (χ3n) is 5.25. The Bertz CT molecular complexity index is 1150. The number of hydrogen-bond acceptors (Lipinski definition) is 5. The number of pyridine rings is 2. The average Bonchev–Trinajstić information content (AvgIpc) is 2.81. The highest BCUT2D eigenvalue weighted by Crippen LogP contribution is 2.30. The van der Waals surface area contributed by atoms with E-state index >= 15 is 0 Å². The van der Waals surface area contributed by atoms with Gasteiger partial charge in [0.25, 0.3) is 11.8 Å². The average molecular weight is 394 g/mol. The second kappa shape index (κ2) is 7.40. The van der Waals surface area contributed by atoms with Gasteiger partial charge in [-0.1, -0.05) is 36.4 Å². The molecule has 0 fully saturated rings. The number of carbonyl (C=O) groups excluding carboxylic acids is 2. The SMILES string of the molecule is O=C1c2cccc3cccc(c23)C(=O)N1CCN(c1ccccn1)c1ccccn1. The van der Waals surface area contributed by atoms with Gasteiger partial charge in [0.1, 0.15) is 11.6 Å². The van der Waals surface area contributed by atoms with E-state index in [0.717, 1.165) is 10.8 Å². The lowest BCUT2D eigenvalue weighted by molar-refractivity contribution is 0.0615. The zero-order chi connectivity index (χ0) is 20.5. The smallest absolute Gasteiger partial charge is 0.261 e. The molecule has 2 amide bonds. The molecular formula is C24H18N4O2. The molecule has 0 spiro atoms. The van der Waals surface area contributed by atoms with E-state index in [0.29, 0.717) is 29.3 Å². The van der Waals surface area contributed by atoms with Crippen molar-refractivity contribution < 1.29 is 9.59 Å². The summed E-state index contributed by atoms with van der Waals surface area (Å²) < 4.78 is 0. The van der Waals surface area contributed by atoms with E-state index in [-0.39, 0.29) is 18.4 Å². The summed E-state index contributed by atoms with van der Waals surface area (Å²) >= 11 is 0. The van der Waals surface area contributed by atoms with E-state index in [9.17, 15) is 9.59 Å². The maximum atomic E-state index is 13.2. The van der Waals surface area contributed by atoms with Gasteiger partial charge in [-0.05, 0) is 41.8 Å². The number of benzene rings is 2. The summed E-state index contributed by atoms with van der Waals surface area (Å²) in [6.45, 7) is 0.596. The van der Waals surface area contributed by atoms with Gasteiger partial charge >= 0.3 is 0 Å². The molecule has 0 saturated heterocycles.